The summed E-state index contributed by atoms with van der Waals surface area (Å²) in [4.78, 5) is 41.0. The molecule has 0 aromatic carbocycles. The summed E-state index contributed by atoms with van der Waals surface area (Å²) in [6.45, 7) is 5.33. The van der Waals surface area contributed by atoms with E-state index in [4.69, 9.17) is 4.74 Å². The first-order chi connectivity index (χ1) is 11.1. The van der Waals surface area contributed by atoms with E-state index >= 15 is 0 Å². The molecule has 1 N–H and O–H groups in total. The molecule has 0 radical (unpaired) electrons. The Morgan fingerprint density at radius 3 is 2.65 bits per heavy atom. The number of hydrogen-bond acceptors (Lipinski definition) is 5. The number of amides is 4. The van der Waals surface area contributed by atoms with Gasteiger partial charge in [-0.1, -0.05) is 0 Å². The van der Waals surface area contributed by atoms with Gasteiger partial charge in [0.2, 0.25) is 11.8 Å². The third kappa shape index (κ3) is 3.81. The van der Waals surface area contributed by atoms with Gasteiger partial charge >= 0.3 is 6.03 Å². The Bertz CT molecular complexity index is 462. The summed E-state index contributed by atoms with van der Waals surface area (Å²) >= 11 is 0. The number of imide groups is 1. The molecule has 4 amide bonds. The minimum absolute atomic E-state index is 0.0185. The number of ether oxygens (including phenoxy) is 1. The summed E-state index contributed by atoms with van der Waals surface area (Å²) in [7, 11) is 0. The fraction of sp³-hybridized carbons (Fsp3) is 0.800. The maximum absolute atomic E-state index is 12.6. The Balaban J connectivity index is 1.48. The minimum atomic E-state index is -0.312. The molecule has 8 heteroatoms. The zero-order valence-corrected chi connectivity index (χ0v) is 13.3. The molecular formula is C15H24N4O4. The van der Waals surface area contributed by atoms with E-state index in [9.17, 15) is 14.4 Å². The summed E-state index contributed by atoms with van der Waals surface area (Å²) in [5, 5.41) is 2.52. The van der Waals surface area contributed by atoms with E-state index in [0.717, 1.165) is 19.4 Å². The van der Waals surface area contributed by atoms with Crippen LogP contribution in [-0.4, -0.2) is 91.6 Å². The lowest BCUT2D eigenvalue weighted by Gasteiger charge is -2.36. The van der Waals surface area contributed by atoms with Crippen LogP contribution < -0.4 is 5.32 Å². The lowest BCUT2D eigenvalue weighted by molar-refractivity contribution is -0.141. The van der Waals surface area contributed by atoms with Crippen molar-refractivity contribution in [2.75, 3.05) is 59.0 Å². The van der Waals surface area contributed by atoms with Gasteiger partial charge in [0.15, 0.2) is 0 Å². The lowest BCUT2D eigenvalue weighted by Crippen LogP contribution is -2.49. The largest absolute Gasteiger partial charge is 0.378 e. The van der Waals surface area contributed by atoms with E-state index in [1.54, 1.807) is 0 Å². The standard InChI is InChI=1S/C15H24N4O4/c20-13-10-16-15(22)19(13)5-4-17-3-1-2-12(11-17)14(21)18-6-8-23-9-7-18/h12H,1-11H2,(H,16,22). The topological polar surface area (TPSA) is 82.2 Å². The monoisotopic (exact) mass is 324 g/mol. The van der Waals surface area contributed by atoms with Crippen molar-refractivity contribution in [1.29, 1.82) is 0 Å². The van der Waals surface area contributed by atoms with Crippen LogP contribution in [0.25, 0.3) is 0 Å². The van der Waals surface area contributed by atoms with Gasteiger partial charge in [-0.2, -0.15) is 0 Å². The second-order valence-corrected chi connectivity index (χ2v) is 6.28. The molecule has 128 valence electrons. The molecule has 23 heavy (non-hydrogen) atoms. The summed E-state index contributed by atoms with van der Waals surface area (Å²) in [5.41, 5.74) is 0. The Kier molecular flexibility index (Phi) is 5.12. The van der Waals surface area contributed by atoms with Crippen molar-refractivity contribution in [1.82, 2.24) is 20.0 Å². The molecule has 0 saturated carbocycles. The van der Waals surface area contributed by atoms with Crippen LogP contribution in [0, 0.1) is 5.92 Å². The third-order valence-corrected chi connectivity index (χ3v) is 4.75. The third-order valence-electron chi connectivity index (χ3n) is 4.75. The van der Waals surface area contributed by atoms with Crippen LogP contribution in [-0.2, 0) is 14.3 Å². The van der Waals surface area contributed by atoms with Crippen molar-refractivity contribution >= 4 is 17.8 Å². The van der Waals surface area contributed by atoms with Gasteiger partial charge in [0.1, 0.15) is 0 Å². The Labute approximate surface area is 135 Å². The first-order valence-corrected chi connectivity index (χ1v) is 8.32. The number of rotatable bonds is 4. The van der Waals surface area contributed by atoms with Crippen molar-refractivity contribution in [2.24, 2.45) is 5.92 Å². The van der Waals surface area contributed by atoms with Gasteiger partial charge in [-0.25, -0.2) is 4.79 Å². The van der Waals surface area contributed by atoms with Gasteiger partial charge in [-0.3, -0.25) is 14.5 Å². The van der Waals surface area contributed by atoms with Gasteiger partial charge < -0.3 is 19.9 Å². The molecule has 0 aromatic rings. The maximum atomic E-state index is 12.6. The molecule has 3 heterocycles. The fourth-order valence-electron chi connectivity index (χ4n) is 3.43. The molecule has 0 aliphatic carbocycles. The second kappa shape index (κ2) is 7.27. The van der Waals surface area contributed by atoms with Gasteiger partial charge in [0.05, 0.1) is 25.7 Å². The van der Waals surface area contributed by atoms with Crippen LogP contribution in [0.2, 0.25) is 0 Å². The highest BCUT2D eigenvalue weighted by atomic mass is 16.5. The SMILES string of the molecule is O=C(C1CCCN(CCN2C(=O)CNC2=O)C1)N1CCOCC1. The van der Waals surface area contributed by atoms with Crippen molar-refractivity contribution in [3.05, 3.63) is 0 Å². The lowest BCUT2D eigenvalue weighted by atomic mass is 9.96. The number of morpholine rings is 1. The average Bonchev–Trinajstić information content (AvgIpc) is 2.91. The number of carbonyl (C=O) groups is 3. The van der Waals surface area contributed by atoms with E-state index < -0.39 is 0 Å². The molecule has 3 saturated heterocycles. The molecule has 1 unspecified atom stereocenters. The van der Waals surface area contributed by atoms with Gasteiger partial charge in [-0.05, 0) is 19.4 Å². The van der Waals surface area contributed by atoms with E-state index in [2.05, 4.69) is 10.2 Å². The van der Waals surface area contributed by atoms with Crippen molar-refractivity contribution in [3.63, 3.8) is 0 Å². The number of carbonyl (C=O) groups excluding carboxylic acids is 3. The summed E-state index contributed by atoms with van der Waals surface area (Å²) in [5.74, 6) is 0.0610. The smallest absolute Gasteiger partial charge is 0.324 e. The molecule has 3 aliphatic heterocycles. The van der Waals surface area contributed by atoms with E-state index in [1.807, 2.05) is 4.90 Å². The summed E-state index contributed by atoms with van der Waals surface area (Å²) in [6, 6.07) is -0.312. The second-order valence-electron chi connectivity index (χ2n) is 6.28. The number of nitrogens with zero attached hydrogens (tertiary/aromatic N) is 3. The molecule has 8 nitrogen and oxygen atoms in total. The molecule has 3 rings (SSSR count). The average molecular weight is 324 g/mol. The number of urea groups is 1. The van der Waals surface area contributed by atoms with Gasteiger partial charge in [0.25, 0.3) is 0 Å². The van der Waals surface area contributed by atoms with Crippen LogP contribution in [0.4, 0.5) is 4.79 Å². The highest BCUT2D eigenvalue weighted by molar-refractivity contribution is 6.01. The number of nitrogens with one attached hydrogen (secondary N) is 1. The normalized spacial score (nSPS) is 26.5. The summed E-state index contributed by atoms with van der Waals surface area (Å²) < 4.78 is 5.29. The van der Waals surface area contributed by atoms with Crippen molar-refractivity contribution in [2.45, 2.75) is 12.8 Å². The number of hydrogen-bond donors (Lipinski definition) is 1. The van der Waals surface area contributed by atoms with Crippen LogP contribution in [0.3, 0.4) is 0 Å². The maximum Gasteiger partial charge on any atom is 0.324 e. The molecule has 0 bridgehead atoms. The van der Waals surface area contributed by atoms with Gasteiger partial charge in [0, 0.05) is 32.7 Å². The molecular weight excluding hydrogens is 300 g/mol. The summed E-state index contributed by atoms with van der Waals surface area (Å²) in [6.07, 6.45) is 1.89. The van der Waals surface area contributed by atoms with Crippen LogP contribution >= 0.6 is 0 Å². The molecule has 1 atom stereocenters. The van der Waals surface area contributed by atoms with Crippen LogP contribution in [0.15, 0.2) is 0 Å². The van der Waals surface area contributed by atoms with Crippen molar-refractivity contribution in [3.8, 4) is 0 Å². The first kappa shape index (κ1) is 16.2. The minimum Gasteiger partial charge on any atom is -0.378 e. The van der Waals surface area contributed by atoms with E-state index in [0.29, 0.717) is 45.9 Å². The highest BCUT2D eigenvalue weighted by Gasteiger charge is 2.32. The van der Waals surface area contributed by atoms with Crippen LogP contribution in [0.5, 0.6) is 0 Å². The molecule has 0 spiro atoms. The zero-order chi connectivity index (χ0) is 16.2. The Hall–Kier alpha value is -1.67. The zero-order valence-electron chi connectivity index (χ0n) is 13.3. The first-order valence-electron chi connectivity index (χ1n) is 8.32. The van der Waals surface area contributed by atoms with Crippen molar-refractivity contribution < 1.29 is 19.1 Å². The van der Waals surface area contributed by atoms with Crippen LogP contribution in [0.1, 0.15) is 12.8 Å². The fourth-order valence-corrected chi connectivity index (χ4v) is 3.43. The number of likely N-dealkylation sites (tertiary alicyclic amines) is 1. The van der Waals surface area contributed by atoms with E-state index in [1.165, 1.54) is 4.90 Å². The Morgan fingerprint density at radius 2 is 1.96 bits per heavy atom. The number of piperidine rings is 1. The predicted molar refractivity (Wildman–Crippen MR) is 81.7 cm³/mol. The van der Waals surface area contributed by atoms with Gasteiger partial charge in [-0.15, -0.1) is 0 Å². The molecule has 0 aromatic heterocycles. The quantitative estimate of drug-likeness (QED) is 0.679. The highest BCUT2D eigenvalue weighted by Crippen LogP contribution is 2.19. The predicted octanol–water partition coefficient (Wildman–Crippen LogP) is -0.891. The molecule has 3 aliphatic rings. The molecule has 3 fully saturated rings. The van der Waals surface area contributed by atoms with E-state index in [-0.39, 0.29) is 30.3 Å². The Morgan fingerprint density at radius 1 is 1.17 bits per heavy atom.